The smallest absolute Gasteiger partial charge is 0.107 e. The highest BCUT2D eigenvalue weighted by molar-refractivity contribution is 5.10. The quantitative estimate of drug-likeness (QED) is 0.765. The molecule has 0 bridgehead atoms. The minimum absolute atomic E-state index is 0.553. The molecular weight excluding hydrogens is 162 g/mol. The number of nitrogens with one attached hydrogen (secondary N) is 1. The summed E-state index contributed by atoms with van der Waals surface area (Å²) in [5, 5.41) is 8.41. The number of hydrogen-bond donors (Lipinski definition) is 1. The molecule has 0 aromatic carbocycles. The molecule has 0 aliphatic heterocycles. The van der Waals surface area contributed by atoms with Crippen molar-refractivity contribution < 1.29 is 0 Å². The van der Waals surface area contributed by atoms with Crippen LogP contribution in [-0.4, -0.2) is 9.97 Å². The van der Waals surface area contributed by atoms with Gasteiger partial charge in [0.15, 0.2) is 0 Å². The second kappa shape index (κ2) is 3.61. The van der Waals surface area contributed by atoms with Crippen LogP contribution in [0.25, 0.3) is 0 Å². The van der Waals surface area contributed by atoms with Gasteiger partial charge < -0.3 is 4.98 Å². The fourth-order valence-corrected chi connectivity index (χ4v) is 1.61. The van der Waals surface area contributed by atoms with Gasteiger partial charge in [-0.25, -0.2) is 4.98 Å². The number of imidazole rings is 1. The van der Waals surface area contributed by atoms with Crippen LogP contribution >= 0.6 is 0 Å². The van der Waals surface area contributed by atoms with Crippen molar-refractivity contribution in [2.24, 2.45) is 0 Å². The van der Waals surface area contributed by atoms with Crippen LogP contribution < -0.4 is 0 Å². The number of nitriles is 1. The molecule has 0 saturated heterocycles. The summed E-state index contributed by atoms with van der Waals surface area (Å²) in [6.07, 6.45) is 7.16. The molecule has 13 heavy (non-hydrogen) atoms. The Morgan fingerprint density at radius 3 is 3.08 bits per heavy atom. The van der Waals surface area contributed by atoms with Crippen molar-refractivity contribution in [3.05, 3.63) is 17.7 Å². The summed E-state index contributed by atoms with van der Waals surface area (Å²) in [6.45, 7) is 0. The van der Waals surface area contributed by atoms with Crippen LogP contribution in [-0.2, 0) is 6.42 Å². The molecule has 0 radical (unpaired) electrons. The summed E-state index contributed by atoms with van der Waals surface area (Å²) >= 11 is 0. The standard InChI is InChI=1S/C10H13N3/c11-6-2-5-10-12-7-9(13-10)8-3-1-4-8/h7-8H,1-5H2,(H,12,13). The normalized spacial score (nSPS) is 16.5. The molecule has 1 N–H and O–H groups in total. The fourth-order valence-electron chi connectivity index (χ4n) is 1.61. The van der Waals surface area contributed by atoms with Gasteiger partial charge in [0.25, 0.3) is 0 Å². The number of nitrogens with zero attached hydrogens (tertiary/aromatic N) is 2. The number of rotatable bonds is 3. The topological polar surface area (TPSA) is 52.5 Å². The lowest BCUT2D eigenvalue weighted by Gasteiger charge is -2.23. The molecule has 0 atom stereocenters. The Kier molecular flexibility index (Phi) is 2.31. The van der Waals surface area contributed by atoms with E-state index in [1.54, 1.807) is 0 Å². The van der Waals surface area contributed by atoms with E-state index in [4.69, 9.17) is 5.26 Å². The van der Waals surface area contributed by atoms with Gasteiger partial charge in [-0.3, -0.25) is 0 Å². The molecule has 0 amide bonds. The summed E-state index contributed by atoms with van der Waals surface area (Å²) in [4.78, 5) is 7.54. The summed E-state index contributed by atoms with van der Waals surface area (Å²) in [5.41, 5.74) is 1.26. The molecule has 1 fully saturated rings. The predicted octanol–water partition coefficient (Wildman–Crippen LogP) is 2.13. The fraction of sp³-hybridized carbons (Fsp3) is 0.600. The third-order valence-corrected chi connectivity index (χ3v) is 2.67. The van der Waals surface area contributed by atoms with Crippen molar-refractivity contribution in [3.63, 3.8) is 0 Å². The minimum Gasteiger partial charge on any atom is -0.346 e. The van der Waals surface area contributed by atoms with E-state index in [1.807, 2.05) is 6.20 Å². The molecule has 2 rings (SSSR count). The first-order valence-corrected chi connectivity index (χ1v) is 4.81. The Morgan fingerprint density at radius 1 is 1.62 bits per heavy atom. The highest BCUT2D eigenvalue weighted by atomic mass is 14.9. The molecule has 1 aromatic heterocycles. The third-order valence-electron chi connectivity index (χ3n) is 2.67. The van der Waals surface area contributed by atoms with Crippen molar-refractivity contribution in [1.29, 1.82) is 5.26 Å². The van der Waals surface area contributed by atoms with Crippen molar-refractivity contribution >= 4 is 0 Å². The van der Waals surface area contributed by atoms with Gasteiger partial charge in [0.1, 0.15) is 5.82 Å². The Labute approximate surface area is 77.8 Å². The molecule has 1 aromatic rings. The molecule has 0 spiro atoms. The monoisotopic (exact) mass is 175 g/mol. The molecule has 1 aliphatic rings. The van der Waals surface area contributed by atoms with Crippen molar-refractivity contribution in [2.75, 3.05) is 0 Å². The highest BCUT2D eigenvalue weighted by Crippen LogP contribution is 2.35. The third kappa shape index (κ3) is 1.72. The van der Waals surface area contributed by atoms with Gasteiger partial charge in [0, 0.05) is 30.7 Å². The molecule has 3 heteroatoms. The summed E-state index contributed by atoms with van der Waals surface area (Å²) < 4.78 is 0. The second-order valence-electron chi connectivity index (χ2n) is 3.57. The Morgan fingerprint density at radius 2 is 2.46 bits per heavy atom. The van der Waals surface area contributed by atoms with Crippen LogP contribution in [0.2, 0.25) is 0 Å². The highest BCUT2D eigenvalue weighted by Gasteiger charge is 2.20. The Balaban J connectivity index is 1.97. The van der Waals surface area contributed by atoms with Gasteiger partial charge in [-0.15, -0.1) is 0 Å². The zero-order valence-electron chi connectivity index (χ0n) is 7.58. The van der Waals surface area contributed by atoms with E-state index in [9.17, 15) is 0 Å². The van der Waals surface area contributed by atoms with E-state index >= 15 is 0 Å². The van der Waals surface area contributed by atoms with E-state index in [-0.39, 0.29) is 0 Å². The SMILES string of the molecule is N#CCCc1ncc(C2CCC2)[nH]1. The van der Waals surface area contributed by atoms with Crippen LogP contribution in [0.5, 0.6) is 0 Å². The molecule has 3 nitrogen and oxygen atoms in total. The number of aromatic amines is 1. The van der Waals surface area contributed by atoms with Gasteiger partial charge in [0.2, 0.25) is 0 Å². The maximum atomic E-state index is 8.41. The van der Waals surface area contributed by atoms with Gasteiger partial charge in [0.05, 0.1) is 6.07 Å². The lowest BCUT2D eigenvalue weighted by Crippen LogP contribution is -2.08. The van der Waals surface area contributed by atoms with Crippen LogP contribution in [0.15, 0.2) is 6.20 Å². The zero-order valence-corrected chi connectivity index (χ0v) is 7.58. The van der Waals surface area contributed by atoms with E-state index in [0.29, 0.717) is 12.3 Å². The van der Waals surface area contributed by atoms with Gasteiger partial charge in [-0.1, -0.05) is 6.42 Å². The van der Waals surface area contributed by atoms with E-state index < -0.39 is 0 Å². The Bertz CT molecular complexity index is 317. The molecule has 1 saturated carbocycles. The second-order valence-corrected chi connectivity index (χ2v) is 3.57. The lowest BCUT2D eigenvalue weighted by atomic mass is 9.83. The number of aromatic nitrogens is 2. The van der Waals surface area contributed by atoms with E-state index in [1.165, 1.54) is 25.0 Å². The molecule has 0 unspecified atom stereocenters. The van der Waals surface area contributed by atoms with Crippen LogP contribution in [0.4, 0.5) is 0 Å². The molecular formula is C10H13N3. The first-order chi connectivity index (χ1) is 6.40. The maximum absolute atomic E-state index is 8.41. The lowest BCUT2D eigenvalue weighted by molar-refractivity contribution is 0.412. The predicted molar refractivity (Wildman–Crippen MR) is 49.1 cm³/mol. The van der Waals surface area contributed by atoms with Crippen LogP contribution in [0.1, 0.15) is 43.1 Å². The first-order valence-electron chi connectivity index (χ1n) is 4.81. The van der Waals surface area contributed by atoms with Gasteiger partial charge in [-0.2, -0.15) is 5.26 Å². The summed E-state index contributed by atoms with van der Waals surface area (Å²) in [7, 11) is 0. The number of aryl methyl sites for hydroxylation is 1. The van der Waals surface area contributed by atoms with Crippen molar-refractivity contribution in [2.45, 2.75) is 38.0 Å². The van der Waals surface area contributed by atoms with Crippen molar-refractivity contribution in [1.82, 2.24) is 9.97 Å². The zero-order chi connectivity index (χ0) is 9.10. The van der Waals surface area contributed by atoms with Gasteiger partial charge >= 0.3 is 0 Å². The number of hydrogen-bond acceptors (Lipinski definition) is 2. The average molecular weight is 175 g/mol. The van der Waals surface area contributed by atoms with Crippen molar-refractivity contribution in [3.8, 4) is 6.07 Å². The minimum atomic E-state index is 0.553. The number of H-pyrrole nitrogens is 1. The van der Waals surface area contributed by atoms with Gasteiger partial charge in [-0.05, 0) is 12.8 Å². The van der Waals surface area contributed by atoms with E-state index in [0.717, 1.165) is 12.2 Å². The summed E-state index contributed by atoms with van der Waals surface area (Å²) in [5.74, 6) is 1.67. The summed E-state index contributed by atoms with van der Waals surface area (Å²) in [6, 6.07) is 2.12. The van der Waals surface area contributed by atoms with Crippen LogP contribution in [0, 0.1) is 11.3 Å². The first kappa shape index (κ1) is 8.31. The largest absolute Gasteiger partial charge is 0.346 e. The molecule has 1 heterocycles. The van der Waals surface area contributed by atoms with Crippen LogP contribution in [0.3, 0.4) is 0 Å². The molecule has 68 valence electrons. The molecule has 1 aliphatic carbocycles. The Hall–Kier alpha value is -1.30. The maximum Gasteiger partial charge on any atom is 0.107 e. The van der Waals surface area contributed by atoms with E-state index in [2.05, 4.69) is 16.0 Å². The average Bonchev–Trinajstić information content (AvgIpc) is 2.46.